The second-order valence-electron chi connectivity index (χ2n) is 3.18. The molecule has 0 aromatic heterocycles. The Hall–Kier alpha value is -0.550. The van der Waals surface area contributed by atoms with Gasteiger partial charge in [-0.05, 0) is 30.7 Å². The summed E-state index contributed by atoms with van der Waals surface area (Å²) in [5, 5.41) is 19.2. The van der Waals surface area contributed by atoms with Crippen molar-refractivity contribution in [3.05, 3.63) is 29.8 Å². The molecule has 0 aliphatic heterocycles. The van der Waals surface area contributed by atoms with Crippen LogP contribution < -0.4 is 5.73 Å². The topological polar surface area (TPSA) is 66.5 Å². The molecule has 0 saturated carbocycles. The molecule has 2 unspecified atom stereocenters. The fourth-order valence-electron chi connectivity index (χ4n) is 1.26. The van der Waals surface area contributed by atoms with Gasteiger partial charge in [-0.3, -0.25) is 0 Å². The van der Waals surface area contributed by atoms with E-state index < -0.39 is 12.2 Å². The molecule has 3 nitrogen and oxygen atoms in total. The standard InChI is InChI=1S/C10H15NO2S/c11-5-4-9(12)10(13)7-2-1-3-8(14)6-7/h1-3,6,9-10,12-14H,4-5,11H2. The monoisotopic (exact) mass is 213 g/mol. The summed E-state index contributed by atoms with van der Waals surface area (Å²) in [4.78, 5) is 0.765. The van der Waals surface area contributed by atoms with Crippen LogP contribution in [0.3, 0.4) is 0 Å². The third kappa shape index (κ3) is 2.99. The summed E-state index contributed by atoms with van der Waals surface area (Å²) in [6.45, 7) is 0.360. The number of thiol groups is 1. The molecule has 1 aromatic carbocycles. The van der Waals surface area contributed by atoms with E-state index in [4.69, 9.17) is 5.73 Å². The summed E-state index contributed by atoms with van der Waals surface area (Å²) >= 11 is 4.15. The molecule has 2 atom stereocenters. The van der Waals surface area contributed by atoms with Gasteiger partial charge in [0, 0.05) is 4.90 Å². The Kier molecular flexibility index (Phi) is 4.41. The first-order valence-electron chi connectivity index (χ1n) is 4.50. The Morgan fingerprint density at radius 1 is 1.36 bits per heavy atom. The molecule has 1 rings (SSSR count). The number of benzene rings is 1. The molecule has 4 N–H and O–H groups in total. The fraction of sp³-hybridized carbons (Fsp3) is 0.400. The number of aliphatic hydroxyl groups is 2. The van der Waals surface area contributed by atoms with Gasteiger partial charge in [0.1, 0.15) is 6.10 Å². The first-order chi connectivity index (χ1) is 6.65. The van der Waals surface area contributed by atoms with E-state index in [-0.39, 0.29) is 0 Å². The zero-order chi connectivity index (χ0) is 10.6. The van der Waals surface area contributed by atoms with E-state index in [1.165, 1.54) is 0 Å². The van der Waals surface area contributed by atoms with Crippen molar-refractivity contribution in [1.29, 1.82) is 0 Å². The minimum absolute atomic E-state index is 0.360. The Morgan fingerprint density at radius 2 is 2.07 bits per heavy atom. The molecule has 0 amide bonds. The maximum absolute atomic E-state index is 9.71. The van der Waals surface area contributed by atoms with E-state index in [1.807, 2.05) is 6.07 Å². The lowest BCUT2D eigenvalue weighted by atomic mass is 10.0. The van der Waals surface area contributed by atoms with E-state index in [0.29, 0.717) is 18.5 Å². The first-order valence-corrected chi connectivity index (χ1v) is 4.95. The van der Waals surface area contributed by atoms with Crippen molar-refractivity contribution < 1.29 is 10.2 Å². The predicted octanol–water partition coefficient (Wildman–Crippen LogP) is 0.718. The molecule has 78 valence electrons. The smallest absolute Gasteiger partial charge is 0.105 e. The van der Waals surface area contributed by atoms with Gasteiger partial charge in [0.15, 0.2) is 0 Å². The van der Waals surface area contributed by atoms with Gasteiger partial charge in [-0.1, -0.05) is 12.1 Å². The Balaban J connectivity index is 2.73. The summed E-state index contributed by atoms with van der Waals surface area (Å²) in [6, 6.07) is 7.09. The van der Waals surface area contributed by atoms with Gasteiger partial charge in [-0.25, -0.2) is 0 Å². The highest BCUT2D eigenvalue weighted by molar-refractivity contribution is 7.80. The lowest BCUT2D eigenvalue weighted by molar-refractivity contribution is 0.0149. The summed E-state index contributed by atoms with van der Waals surface area (Å²) in [7, 11) is 0. The van der Waals surface area contributed by atoms with Crippen LogP contribution in [0.25, 0.3) is 0 Å². The van der Waals surface area contributed by atoms with Gasteiger partial charge in [0.2, 0.25) is 0 Å². The van der Waals surface area contributed by atoms with Crippen LogP contribution >= 0.6 is 12.6 Å². The summed E-state index contributed by atoms with van der Waals surface area (Å²) in [5.74, 6) is 0. The van der Waals surface area contributed by atoms with Crippen LogP contribution in [-0.4, -0.2) is 22.9 Å². The quantitative estimate of drug-likeness (QED) is 0.557. The van der Waals surface area contributed by atoms with Crippen LogP contribution in [0, 0.1) is 0 Å². The summed E-state index contributed by atoms with van der Waals surface area (Å²) in [5.41, 5.74) is 5.95. The molecular formula is C10H15NO2S. The molecule has 0 spiro atoms. The van der Waals surface area contributed by atoms with Crippen molar-refractivity contribution in [3.63, 3.8) is 0 Å². The highest BCUT2D eigenvalue weighted by Gasteiger charge is 2.17. The largest absolute Gasteiger partial charge is 0.390 e. The number of aliphatic hydroxyl groups excluding tert-OH is 2. The lowest BCUT2D eigenvalue weighted by Crippen LogP contribution is -2.21. The van der Waals surface area contributed by atoms with Crippen LogP contribution in [0.1, 0.15) is 18.1 Å². The molecule has 0 heterocycles. The number of hydrogen-bond acceptors (Lipinski definition) is 4. The molecule has 14 heavy (non-hydrogen) atoms. The van der Waals surface area contributed by atoms with Crippen molar-refractivity contribution in [2.45, 2.75) is 23.5 Å². The lowest BCUT2D eigenvalue weighted by Gasteiger charge is -2.17. The van der Waals surface area contributed by atoms with Crippen molar-refractivity contribution in [2.75, 3.05) is 6.54 Å². The molecule has 0 saturated heterocycles. The van der Waals surface area contributed by atoms with Gasteiger partial charge < -0.3 is 15.9 Å². The average Bonchev–Trinajstić information content (AvgIpc) is 2.17. The van der Waals surface area contributed by atoms with Gasteiger partial charge in [0.25, 0.3) is 0 Å². The zero-order valence-electron chi connectivity index (χ0n) is 7.80. The van der Waals surface area contributed by atoms with Gasteiger partial charge in [-0.2, -0.15) is 0 Å². The van der Waals surface area contributed by atoms with E-state index in [0.717, 1.165) is 4.90 Å². The molecular weight excluding hydrogens is 198 g/mol. The summed E-state index contributed by atoms with van der Waals surface area (Å²) < 4.78 is 0. The van der Waals surface area contributed by atoms with Crippen LogP contribution in [-0.2, 0) is 0 Å². The average molecular weight is 213 g/mol. The molecule has 0 radical (unpaired) electrons. The summed E-state index contributed by atoms with van der Waals surface area (Å²) in [6.07, 6.45) is -1.31. The maximum Gasteiger partial charge on any atom is 0.105 e. The second kappa shape index (κ2) is 5.36. The first kappa shape index (κ1) is 11.5. The third-order valence-corrected chi connectivity index (χ3v) is 2.32. The predicted molar refractivity (Wildman–Crippen MR) is 58.3 cm³/mol. The minimum Gasteiger partial charge on any atom is -0.390 e. The van der Waals surface area contributed by atoms with Crippen molar-refractivity contribution in [2.24, 2.45) is 5.73 Å². The maximum atomic E-state index is 9.71. The van der Waals surface area contributed by atoms with E-state index in [2.05, 4.69) is 12.6 Å². The normalized spacial score (nSPS) is 15.1. The van der Waals surface area contributed by atoms with E-state index in [9.17, 15) is 10.2 Å². The van der Waals surface area contributed by atoms with Crippen LogP contribution in [0.5, 0.6) is 0 Å². The fourth-order valence-corrected chi connectivity index (χ4v) is 1.49. The van der Waals surface area contributed by atoms with E-state index in [1.54, 1.807) is 18.2 Å². The number of hydrogen-bond donors (Lipinski definition) is 4. The van der Waals surface area contributed by atoms with Crippen LogP contribution in [0.15, 0.2) is 29.2 Å². The Morgan fingerprint density at radius 3 is 2.64 bits per heavy atom. The number of rotatable bonds is 4. The van der Waals surface area contributed by atoms with E-state index >= 15 is 0 Å². The Bertz CT molecular complexity index is 293. The highest BCUT2D eigenvalue weighted by atomic mass is 32.1. The molecule has 0 aliphatic carbocycles. The van der Waals surface area contributed by atoms with Crippen molar-refractivity contribution in [3.8, 4) is 0 Å². The molecule has 0 aliphatic rings. The van der Waals surface area contributed by atoms with Gasteiger partial charge >= 0.3 is 0 Å². The Labute approximate surface area is 89.0 Å². The van der Waals surface area contributed by atoms with Crippen molar-refractivity contribution >= 4 is 12.6 Å². The molecule has 0 bridgehead atoms. The molecule has 4 heteroatoms. The zero-order valence-corrected chi connectivity index (χ0v) is 8.69. The molecule has 0 fully saturated rings. The minimum atomic E-state index is -0.884. The molecule has 1 aromatic rings. The number of nitrogens with two attached hydrogens (primary N) is 1. The van der Waals surface area contributed by atoms with Gasteiger partial charge in [-0.15, -0.1) is 12.6 Å². The SMILES string of the molecule is NCCC(O)C(O)c1cccc(S)c1. The van der Waals surface area contributed by atoms with Crippen molar-refractivity contribution in [1.82, 2.24) is 0 Å². The third-order valence-electron chi connectivity index (χ3n) is 2.04. The van der Waals surface area contributed by atoms with Gasteiger partial charge in [0.05, 0.1) is 6.10 Å². The van der Waals surface area contributed by atoms with Crippen LogP contribution in [0.4, 0.5) is 0 Å². The van der Waals surface area contributed by atoms with Crippen LogP contribution in [0.2, 0.25) is 0 Å². The second-order valence-corrected chi connectivity index (χ2v) is 3.70. The highest BCUT2D eigenvalue weighted by Crippen LogP contribution is 2.20.